The van der Waals surface area contributed by atoms with Gasteiger partial charge in [-0.1, -0.05) is 41.7 Å². The first kappa shape index (κ1) is 18.6. The fourth-order valence-electron chi connectivity index (χ4n) is 2.34. The van der Waals surface area contributed by atoms with E-state index in [4.69, 9.17) is 9.15 Å². The van der Waals surface area contributed by atoms with E-state index in [0.717, 1.165) is 22.2 Å². The average molecular weight is 391 g/mol. The van der Waals surface area contributed by atoms with Crippen molar-refractivity contribution in [2.24, 2.45) is 4.99 Å². The zero-order chi connectivity index (χ0) is 18.4. The Morgan fingerprint density at radius 1 is 1.23 bits per heavy atom. The first-order valence-corrected chi connectivity index (χ1v) is 9.86. The molecule has 1 aromatic heterocycles. The molecule has 0 saturated carbocycles. The molecule has 0 radical (unpaired) electrons. The fourth-order valence-corrected chi connectivity index (χ4v) is 4.35. The van der Waals surface area contributed by atoms with Crippen molar-refractivity contribution < 1.29 is 23.5 Å². The van der Waals surface area contributed by atoms with Gasteiger partial charge >= 0.3 is 11.9 Å². The van der Waals surface area contributed by atoms with Crippen LogP contribution in [0.1, 0.15) is 32.0 Å². The summed E-state index contributed by atoms with van der Waals surface area (Å²) >= 11 is 3.35. The molecule has 8 heteroatoms. The minimum atomic E-state index is -0.531. The molecule has 136 valence electrons. The van der Waals surface area contributed by atoms with E-state index in [2.05, 4.69) is 9.73 Å². The summed E-state index contributed by atoms with van der Waals surface area (Å²) in [5.41, 5.74) is 1.63. The van der Waals surface area contributed by atoms with Crippen LogP contribution in [0.25, 0.3) is 0 Å². The summed E-state index contributed by atoms with van der Waals surface area (Å²) in [5, 5.41) is 0. The number of methoxy groups -OCH3 is 1. The van der Waals surface area contributed by atoms with Gasteiger partial charge in [0.05, 0.1) is 25.5 Å². The van der Waals surface area contributed by atoms with Gasteiger partial charge in [-0.25, -0.2) is 9.59 Å². The molecule has 2 heterocycles. The smallest absolute Gasteiger partial charge is 0.341 e. The second-order valence-corrected chi connectivity index (χ2v) is 7.57. The number of furan rings is 1. The lowest BCUT2D eigenvalue weighted by Gasteiger charge is -2.09. The van der Waals surface area contributed by atoms with Crippen molar-refractivity contribution in [2.45, 2.75) is 12.4 Å². The van der Waals surface area contributed by atoms with Crippen LogP contribution in [-0.2, 0) is 21.8 Å². The van der Waals surface area contributed by atoms with E-state index in [-0.39, 0.29) is 17.9 Å². The van der Waals surface area contributed by atoms with Gasteiger partial charge in [0.2, 0.25) is 0 Å². The Balaban J connectivity index is 1.64. The predicted octanol–water partition coefficient (Wildman–Crippen LogP) is 3.76. The topological polar surface area (TPSA) is 78.1 Å². The maximum Gasteiger partial charge on any atom is 0.341 e. The number of aliphatic imine (C=N–C) groups is 1. The Kier molecular flexibility index (Phi) is 6.40. The van der Waals surface area contributed by atoms with Gasteiger partial charge in [-0.2, -0.15) is 0 Å². The number of esters is 2. The SMILES string of the molecule is COC(=O)c1ccoc1COC(=O)c1ccccc1CSC1=NCCS1. The normalized spacial score (nSPS) is 13.3. The minimum absolute atomic E-state index is 0.139. The standard InChI is InChI=1S/C18H17NO5S2/c1-22-16(20)14-6-8-23-15(14)10-24-17(21)13-5-3-2-4-12(13)11-26-18-19-7-9-25-18/h2-6,8H,7,9-11H2,1H3. The third-order valence-corrected chi connectivity index (χ3v) is 5.93. The van der Waals surface area contributed by atoms with E-state index in [1.165, 1.54) is 19.4 Å². The van der Waals surface area contributed by atoms with Crippen LogP contribution in [0.2, 0.25) is 0 Å². The maximum atomic E-state index is 12.5. The molecule has 0 atom stereocenters. The largest absolute Gasteiger partial charge is 0.465 e. The second-order valence-electron chi connectivity index (χ2n) is 5.27. The molecule has 0 aliphatic carbocycles. The predicted molar refractivity (Wildman–Crippen MR) is 102 cm³/mol. The lowest BCUT2D eigenvalue weighted by Crippen LogP contribution is -2.10. The average Bonchev–Trinajstić information content (AvgIpc) is 3.35. The van der Waals surface area contributed by atoms with Crippen LogP contribution in [-0.4, -0.2) is 35.7 Å². The maximum absolute atomic E-state index is 12.5. The van der Waals surface area contributed by atoms with Gasteiger partial charge in [-0.3, -0.25) is 4.99 Å². The Morgan fingerprint density at radius 3 is 2.85 bits per heavy atom. The number of ether oxygens (including phenoxy) is 2. The van der Waals surface area contributed by atoms with E-state index in [1.54, 1.807) is 35.7 Å². The summed E-state index contributed by atoms with van der Waals surface area (Å²) in [6, 6.07) is 8.79. The van der Waals surface area contributed by atoms with Crippen LogP contribution in [0.3, 0.4) is 0 Å². The number of carbonyl (C=O) groups is 2. The zero-order valence-electron chi connectivity index (χ0n) is 14.1. The summed E-state index contributed by atoms with van der Waals surface area (Å²) in [5.74, 6) is 0.919. The molecule has 1 aliphatic rings. The molecule has 1 aliphatic heterocycles. The number of hydrogen-bond donors (Lipinski definition) is 0. The van der Waals surface area contributed by atoms with Crippen molar-refractivity contribution >= 4 is 39.8 Å². The highest BCUT2D eigenvalue weighted by Crippen LogP contribution is 2.27. The lowest BCUT2D eigenvalue weighted by molar-refractivity contribution is 0.0431. The van der Waals surface area contributed by atoms with Gasteiger partial charge in [-0.15, -0.1) is 0 Å². The van der Waals surface area contributed by atoms with Crippen LogP contribution < -0.4 is 0 Å². The van der Waals surface area contributed by atoms with Crippen molar-refractivity contribution in [3.8, 4) is 0 Å². The number of rotatable bonds is 6. The molecule has 2 aromatic rings. The van der Waals surface area contributed by atoms with Gasteiger partial charge in [0.25, 0.3) is 0 Å². The number of benzene rings is 1. The minimum Gasteiger partial charge on any atom is -0.465 e. The summed E-state index contributed by atoms with van der Waals surface area (Å²) < 4.78 is 16.3. The highest BCUT2D eigenvalue weighted by atomic mass is 32.2. The Hall–Kier alpha value is -2.19. The lowest BCUT2D eigenvalue weighted by atomic mass is 10.1. The highest BCUT2D eigenvalue weighted by Gasteiger charge is 2.19. The van der Waals surface area contributed by atoms with Crippen molar-refractivity contribution in [3.05, 3.63) is 59.0 Å². The summed E-state index contributed by atoms with van der Waals surface area (Å²) in [4.78, 5) is 28.5. The molecule has 3 rings (SSSR count). The van der Waals surface area contributed by atoms with Crippen LogP contribution in [0, 0.1) is 0 Å². The van der Waals surface area contributed by atoms with Gasteiger partial charge in [-0.05, 0) is 17.7 Å². The van der Waals surface area contributed by atoms with Crippen molar-refractivity contribution in [3.63, 3.8) is 0 Å². The van der Waals surface area contributed by atoms with Crippen molar-refractivity contribution in [1.82, 2.24) is 0 Å². The van der Waals surface area contributed by atoms with Gasteiger partial charge in [0, 0.05) is 11.5 Å². The second kappa shape index (κ2) is 8.95. The molecule has 1 aromatic carbocycles. The molecule has 0 spiro atoms. The van der Waals surface area contributed by atoms with E-state index in [9.17, 15) is 9.59 Å². The van der Waals surface area contributed by atoms with Crippen LogP contribution in [0.4, 0.5) is 0 Å². The quantitative estimate of drug-likeness (QED) is 0.694. The number of thioether (sulfide) groups is 2. The van der Waals surface area contributed by atoms with Crippen LogP contribution in [0.15, 0.2) is 46.0 Å². The number of carbonyl (C=O) groups excluding carboxylic acids is 2. The molecule has 0 bridgehead atoms. The fraction of sp³-hybridized carbons (Fsp3) is 0.278. The van der Waals surface area contributed by atoms with E-state index in [0.29, 0.717) is 11.3 Å². The first-order valence-electron chi connectivity index (χ1n) is 7.89. The van der Waals surface area contributed by atoms with Crippen LogP contribution in [0.5, 0.6) is 0 Å². The third-order valence-electron chi connectivity index (χ3n) is 3.63. The first-order chi connectivity index (χ1) is 12.7. The molecular weight excluding hydrogens is 374 g/mol. The molecular formula is C18H17NO5S2. The van der Waals surface area contributed by atoms with E-state index in [1.807, 2.05) is 12.1 Å². The van der Waals surface area contributed by atoms with Gasteiger partial charge < -0.3 is 13.9 Å². The molecule has 0 amide bonds. The summed E-state index contributed by atoms with van der Waals surface area (Å²) in [7, 11) is 1.28. The molecule has 0 unspecified atom stereocenters. The molecule has 26 heavy (non-hydrogen) atoms. The molecule has 0 saturated heterocycles. The number of nitrogens with zero attached hydrogens (tertiary/aromatic N) is 1. The molecule has 0 N–H and O–H groups in total. The zero-order valence-corrected chi connectivity index (χ0v) is 15.7. The van der Waals surface area contributed by atoms with Crippen molar-refractivity contribution in [1.29, 1.82) is 0 Å². The monoisotopic (exact) mass is 391 g/mol. The highest BCUT2D eigenvalue weighted by molar-refractivity contribution is 8.38. The van der Waals surface area contributed by atoms with E-state index < -0.39 is 11.9 Å². The van der Waals surface area contributed by atoms with Crippen LogP contribution >= 0.6 is 23.5 Å². The molecule has 6 nitrogen and oxygen atoms in total. The van der Waals surface area contributed by atoms with E-state index >= 15 is 0 Å². The van der Waals surface area contributed by atoms with Gasteiger partial charge in [0.15, 0.2) is 12.4 Å². The van der Waals surface area contributed by atoms with Gasteiger partial charge in [0.1, 0.15) is 9.94 Å². The Morgan fingerprint density at radius 2 is 2.08 bits per heavy atom. The summed E-state index contributed by atoms with van der Waals surface area (Å²) in [6.45, 7) is 0.711. The Labute approximate surface area is 159 Å². The van der Waals surface area contributed by atoms with Crippen molar-refractivity contribution in [2.75, 3.05) is 19.4 Å². The summed E-state index contributed by atoms with van der Waals surface area (Å²) in [6.07, 6.45) is 1.36. The number of hydrogen-bond acceptors (Lipinski definition) is 8. The Bertz CT molecular complexity index is 830. The molecule has 0 fully saturated rings. The third kappa shape index (κ3) is 4.50.